The Bertz CT molecular complexity index is 3070. The molecule has 0 atom stereocenters. The second kappa shape index (κ2) is 14.9. The summed E-state index contributed by atoms with van der Waals surface area (Å²) in [5.41, 5.74) is 17.6. The van der Waals surface area contributed by atoms with Crippen LogP contribution in [-0.2, 0) is 5.41 Å². The molecule has 0 saturated heterocycles. The van der Waals surface area contributed by atoms with Crippen molar-refractivity contribution in [2.24, 2.45) is 0 Å². The highest BCUT2D eigenvalue weighted by Crippen LogP contribution is 2.58. The van der Waals surface area contributed by atoms with Gasteiger partial charge in [0.15, 0.2) is 0 Å². The molecule has 282 valence electrons. The fraction of sp³-hybridized carbons (Fsp3) is 0.0169. The summed E-state index contributed by atoms with van der Waals surface area (Å²) in [6.45, 7) is 0. The number of hydrogen-bond donors (Lipinski definition) is 0. The lowest BCUT2D eigenvalue weighted by molar-refractivity contribution is 0.768. The molecule has 0 spiro atoms. The Morgan fingerprint density at radius 1 is 0.267 bits per heavy atom. The van der Waals surface area contributed by atoms with Crippen molar-refractivity contribution in [2.75, 3.05) is 4.90 Å². The van der Waals surface area contributed by atoms with Gasteiger partial charge in [-0.15, -0.1) is 0 Å². The first-order chi connectivity index (χ1) is 29.8. The lowest BCUT2D eigenvalue weighted by Gasteiger charge is -2.35. The predicted molar refractivity (Wildman–Crippen MR) is 252 cm³/mol. The maximum Gasteiger partial charge on any atom is 0.0714 e. The predicted octanol–water partition coefficient (Wildman–Crippen LogP) is 15.7. The molecule has 1 heteroatoms. The fourth-order valence-corrected chi connectivity index (χ4v) is 9.60. The van der Waals surface area contributed by atoms with Crippen LogP contribution >= 0.6 is 0 Å². The molecule has 0 saturated carbocycles. The van der Waals surface area contributed by atoms with Crippen LogP contribution in [0, 0.1) is 0 Å². The Morgan fingerprint density at radius 3 is 1.45 bits per heavy atom. The normalized spacial score (nSPS) is 12.5. The number of para-hydroxylation sites is 1. The van der Waals surface area contributed by atoms with E-state index in [1.54, 1.807) is 0 Å². The monoisotopic (exact) mass is 763 g/mol. The molecule has 10 aromatic carbocycles. The zero-order valence-electron chi connectivity index (χ0n) is 33.1. The summed E-state index contributed by atoms with van der Waals surface area (Å²) in [5, 5.41) is 2.52. The highest BCUT2D eigenvalue weighted by Gasteiger charge is 2.46. The van der Waals surface area contributed by atoms with Gasteiger partial charge in [-0.3, -0.25) is 0 Å². The number of fused-ring (bicyclic) bond motifs is 4. The van der Waals surface area contributed by atoms with Gasteiger partial charge in [0.05, 0.1) is 5.41 Å². The van der Waals surface area contributed by atoms with Gasteiger partial charge in [-0.1, -0.05) is 200 Å². The van der Waals surface area contributed by atoms with E-state index in [-0.39, 0.29) is 0 Å². The van der Waals surface area contributed by atoms with Crippen molar-refractivity contribution >= 4 is 27.8 Å². The van der Waals surface area contributed by atoms with Crippen molar-refractivity contribution in [2.45, 2.75) is 5.41 Å². The minimum Gasteiger partial charge on any atom is -0.310 e. The van der Waals surface area contributed by atoms with Crippen molar-refractivity contribution in [3.05, 3.63) is 271 Å². The smallest absolute Gasteiger partial charge is 0.0714 e. The minimum atomic E-state index is -0.577. The second-order valence-corrected chi connectivity index (χ2v) is 15.7. The quantitative estimate of drug-likeness (QED) is 0.149. The number of hydrogen-bond acceptors (Lipinski definition) is 1. The molecule has 0 aromatic heterocycles. The Labute approximate surface area is 352 Å². The van der Waals surface area contributed by atoms with Crippen molar-refractivity contribution in [1.29, 1.82) is 0 Å². The van der Waals surface area contributed by atoms with E-state index in [4.69, 9.17) is 0 Å². The molecule has 0 radical (unpaired) electrons. The van der Waals surface area contributed by atoms with E-state index in [0.717, 1.165) is 17.1 Å². The van der Waals surface area contributed by atoms with E-state index >= 15 is 0 Å². The molecule has 0 heterocycles. The van der Waals surface area contributed by atoms with Gasteiger partial charge in [0.1, 0.15) is 0 Å². The van der Waals surface area contributed by atoms with Crippen LogP contribution < -0.4 is 4.90 Å². The van der Waals surface area contributed by atoms with Gasteiger partial charge in [0.25, 0.3) is 0 Å². The lowest BCUT2D eigenvalue weighted by Crippen LogP contribution is -2.28. The highest BCUT2D eigenvalue weighted by molar-refractivity contribution is 5.98. The largest absolute Gasteiger partial charge is 0.310 e. The van der Waals surface area contributed by atoms with Gasteiger partial charge >= 0.3 is 0 Å². The molecule has 0 fully saturated rings. The first-order valence-corrected chi connectivity index (χ1v) is 20.8. The third-order valence-electron chi connectivity index (χ3n) is 12.3. The number of benzene rings is 10. The topological polar surface area (TPSA) is 3.24 Å². The first kappa shape index (κ1) is 35.4. The van der Waals surface area contributed by atoms with Crippen molar-refractivity contribution in [1.82, 2.24) is 0 Å². The number of rotatable bonds is 8. The summed E-state index contributed by atoms with van der Waals surface area (Å²) in [7, 11) is 0. The van der Waals surface area contributed by atoms with Crippen LogP contribution in [0.5, 0.6) is 0 Å². The Hall–Kier alpha value is -7.74. The van der Waals surface area contributed by atoms with E-state index in [9.17, 15) is 0 Å². The van der Waals surface area contributed by atoms with Gasteiger partial charge in [-0.25, -0.2) is 0 Å². The molecule has 1 nitrogen and oxygen atoms in total. The minimum absolute atomic E-state index is 0.577. The van der Waals surface area contributed by atoms with Gasteiger partial charge in [-0.2, -0.15) is 0 Å². The van der Waals surface area contributed by atoms with E-state index in [0.29, 0.717) is 0 Å². The van der Waals surface area contributed by atoms with Gasteiger partial charge in [0, 0.05) is 17.1 Å². The summed E-state index contributed by atoms with van der Waals surface area (Å²) < 4.78 is 0. The van der Waals surface area contributed by atoms with Crippen LogP contribution in [0.2, 0.25) is 0 Å². The van der Waals surface area contributed by atoms with Crippen molar-refractivity contribution in [3.8, 4) is 44.5 Å². The van der Waals surface area contributed by atoms with E-state index in [2.05, 4.69) is 254 Å². The molecular formula is C59H41N. The average Bonchev–Trinajstić information content (AvgIpc) is 3.62. The van der Waals surface area contributed by atoms with Crippen LogP contribution in [0.4, 0.5) is 17.1 Å². The molecule has 0 bridgehead atoms. The third kappa shape index (κ3) is 5.94. The molecule has 0 amide bonds. The molecular weight excluding hydrogens is 723 g/mol. The average molecular weight is 764 g/mol. The van der Waals surface area contributed by atoms with Gasteiger partial charge < -0.3 is 4.90 Å². The second-order valence-electron chi connectivity index (χ2n) is 15.7. The van der Waals surface area contributed by atoms with Gasteiger partial charge in [0.2, 0.25) is 0 Å². The summed E-state index contributed by atoms with van der Waals surface area (Å²) >= 11 is 0. The van der Waals surface area contributed by atoms with Crippen LogP contribution in [0.15, 0.2) is 249 Å². The Balaban J connectivity index is 1.11. The first-order valence-electron chi connectivity index (χ1n) is 20.8. The maximum absolute atomic E-state index is 2.47. The van der Waals surface area contributed by atoms with E-state index < -0.39 is 5.41 Å². The van der Waals surface area contributed by atoms with Crippen LogP contribution in [0.25, 0.3) is 55.3 Å². The molecule has 1 aliphatic carbocycles. The zero-order chi connectivity index (χ0) is 39.9. The lowest BCUT2D eigenvalue weighted by atomic mass is 9.67. The zero-order valence-corrected chi connectivity index (χ0v) is 33.1. The molecule has 0 aliphatic heterocycles. The van der Waals surface area contributed by atoms with Crippen LogP contribution in [-0.4, -0.2) is 0 Å². The molecule has 10 aromatic rings. The highest BCUT2D eigenvalue weighted by atomic mass is 15.1. The molecule has 0 unspecified atom stereocenters. The molecule has 0 N–H and O–H groups in total. The van der Waals surface area contributed by atoms with Crippen LogP contribution in [0.3, 0.4) is 0 Å². The fourth-order valence-electron chi connectivity index (χ4n) is 9.60. The molecule has 1 aliphatic rings. The van der Waals surface area contributed by atoms with Crippen molar-refractivity contribution < 1.29 is 0 Å². The summed E-state index contributed by atoms with van der Waals surface area (Å²) in [6.07, 6.45) is 0. The summed E-state index contributed by atoms with van der Waals surface area (Å²) in [6, 6.07) is 91.1. The third-order valence-corrected chi connectivity index (χ3v) is 12.3. The molecule has 11 rings (SSSR count). The summed E-state index contributed by atoms with van der Waals surface area (Å²) in [5.74, 6) is 0. The SMILES string of the molecule is c1ccc(-c2ccc(N(c3ccccc3)c3ccc4c(c3)C(c3ccccc3)(c3ccccc3)c3cc(-c5cccc(-c6cccc7ccccc67)c5)ccc3-4)cc2)cc1. The Kier molecular flexibility index (Phi) is 8.79. The van der Waals surface area contributed by atoms with Crippen LogP contribution in [0.1, 0.15) is 22.3 Å². The Morgan fingerprint density at radius 2 is 0.733 bits per heavy atom. The molecule has 60 heavy (non-hydrogen) atoms. The van der Waals surface area contributed by atoms with Crippen molar-refractivity contribution in [3.63, 3.8) is 0 Å². The maximum atomic E-state index is 2.47. The standard InChI is InChI=1S/C59H41N/c1-5-17-42(18-6-1)43-31-34-51(35-32-43)60(50-27-11-4-12-28-50)52-36-38-56-55-37-33-46(45-21-15-22-47(39-45)54-30-16-20-44-19-13-14-29-53(44)54)40-57(55)59(58(56)41-52,48-23-7-2-8-24-48)49-25-9-3-10-26-49/h1-41H. The number of nitrogens with zero attached hydrogens (tertiary/aromatic N) is 1. The van der Waals surface area contributed by atoms with Gasteiger partial charge in [-0.05, 0) is 126 Å². The number of anilines is 3. The van der Waals surface area contributed by atoms with E-state index in [1.165, 1.54) is 77.5 Å². The summed E-state index contributed by atoms with van der Waals surface area (Å²) in [4.78, 5) is 2.39. The van der Waals surface area contributed by atoms with E-state index in [1.807, 2.05) is 0 Å².